The maximum absolute atomic E-state index is 13.0. The van der Waals surface area contributed by atoms with Crippen molar-refractivity contribution in [2.24, 2.45) is 0 Å². The van der Waals surface area contributed by atoms with Gasteiger partial charge in [-0.05, 0) is 63.0 Å². The summed E-state index contributed by atoms with van der Waals surface area (Å²) in [6, 6.07) is 8.47. The van der Waals surface area contributed by atoms with Gasteiger partial charge in [-0.1, -0.05) is 19.3 Å². The molecule has 132 valence electrons. The van der Waals surface area contributed by atoms with Crippen LogP contribution in [0.2, 0.25) is 0 Å². The molecule has 2 amide bonds. The molecule has 2 fully saturated rings. The monoisotopic (exact) mass is 331 g/mol. The summed E-state index contributed by atoms with van der Waals surface area (Å²) in [4.78, 5) is 15.0. The van der Waals surface area contributed by atoms with Crippen molar-refractivity contribution < 1.29 is 9.53 Å². The van der Waals surface area contributed by atoms with Crippen LogP contribution < -0.4 is 20.3 Å². The zero-order chi connectivity index (χ0) is 16.8. The molecule has 1 heterocycles. The van der Waals surface area contributed by atoms with E-state index in [1.807, 2.05) is 29.2 Å². The maximum atomic E-state index is 13.0. The summed E-state index contributed by atoms with van der Waals surface area (Å²) >= 11 is 0. The normalized spacial score (nSPS) is 19.7. The van der Waals surface area contributed by atoms with Crippen molar-refractivity contribution in [2.45, 2.75) is 57.0 Å². The fourth-order valence-electron chi connectivity index (χ4n) is 3.79. The van der Waals surface area contributed by atoms with Gasteiger partial charge in [0.25, 0.3) is 0 Å². The third-order valence-corrected chi connectivity index (χ3v) is 5.18. The second-order valence-corrected chi connectivity index (χ2v) is 6.83. The third-order valence-electron chi connectivity index (χ3n) is 5.18. The van der Waals surface area contributed by atoms with E-state index in [1.165, 1.54) is 19.3 Å². The molecular weight excluding hydrogens is 302 g/mol. The van der Waals surface area contributed by atoms with E-state index in [0.29, 0.717) is 6.04 Å². The first kappa shape index (κ1) is 17.1. The zero-order valence-electron chi connectivity index (χ0n) is 14.6. The molecule has 24 heavy (non-hydrogen) atoms. The molecule has 1 saturated carbocycles. The van der Waals surface area contributed by atoms with E-state index in [0.717, 1.165) is 50.2 Å². The molecule has 5 heteroatoms. The standard InChI is InChI=1S/C19H29N3O2/c1-24-18-9-7-16(8-10-18)22(17-11-13-20-14-12-17)19(23)21-15-5-3-2-4-6-15/h7-10,15,17,20H,2-6,11-14H2,1H3,(H,21,23). The minimum absolute atomic E-state index is 0.0546. The van der Waals surface area contributed by atoms with Gasteiger partial charge in [-0.15, -0.1) is 0 Å². The molecule has 0 atom stereocenters. The van der Waals surface area contributed by atoms with Gasteiger partial charge in [-0.3, -0.25) is 4.90 Å². The van der Waals surface area contributed by atoms with E-state index >= 15 is 0 Å². The van der Waals surface area contributed by atoms with E-state index in [1.54, 1.807) is 7.11 Å². The highest BCUT2D eigenvalue weighted by atomic mass is 16.5. The number of piperidine rings is 1. The molecule has 0 aromatic heterocycles. The Bertz CT molecular complexity index is 520. The molecule has 0 unspecified atom stereocenters. The molecule has 2 aliphatic rings. The molecule has 0 bridgehead atoms. The van der Waals surface area contributed by atoms with Gasteiger partial charge >= 0.3 is 6.03 Å². The number of nitrogens with zero attached hydrogens (tertiary/aromatic N) is 1. The molecule has 1 aromatic carbocycles. The van der Waals surface area contributed by atoms with Crippen LogP contribution in [0.5, 0.6) is 5.75 Å². The van der Waals surface area contributed by atoms with Gasteiger partial charge in [0.15, 0.2) is 0 Å². The van der Waals surface area contributed by atoms with Crippen LogP contribution in [0.1, 0.15) is 44.9 Å². The van der Waals surface area contributed by atoms with Gasteiger partial charge in [-0.2, -0.15) is 0 Å². The van der Waals surface area contributed by atoms with Crippen LogP contribution in [0.3, 0.4) is 0 Å². The Labute approximate surface area is 144 Å². The summed E-state index contributed by atoms with van der Waals surface area (Å²) < 4.78 is 5.25. The second-order valence-electron chi connectivity index (χ2n) is 6.83. The van der Waals surface area contributed by atoms with Crippen LogP contribution in [0.15, 0.2) is 24.3 Å². The number of hydrogen-bond donors (Lipinski definition) is 2. The quantitative estimate of drug-likeness (QED) is 0.890. The van der Waals surface area contributed by atoms with Gasteiger partial charge in [0.1, 0.15) is 5.75 Å². The SMILES string of the molecule is COc1ccc(N(C(=O)NC2CCCCC2)C2CCNCC2)cc1. The summed E-state index contributed by atoms with van der Waals surface area (Å²) in [5.41, 5.74) is 0.955. The van der Waals surface area contributed by atoms with E-state index < -0.39 is 0 Å². The number of nitrogens with one attached hydrogen (secondary N) is 2. The Morgan fingerprint density at radius 2 is 1.75 bits per heavy atom. The largest absolute Gasteiger partial charge is 0.497 e. The summed E-state index contributed by atoms with van der Waals surface area (Å²) in [5, 5.41) is 6.66. The van der Waals surface area contributed by atoms with Crippen LogP contribution >= 0.6 is 0 Å². The Balaban J connectivity index is 1.75. The fourth-order valence-corrected chi connectivity index (χ4v) is 3.79. The lowest BCUT2D eigenvalue weighted by Crippen LogP contribution is -2.52. The lowest BCUT2D eigenvalue weighted by molar-refractivity contribution is 0.234. The van der Waals surface area contributed by atoms with E-state index in [4.69, 9.17) is 4.74 Å². The number of benzene rings is 1. The number of anilines is 1. The van der Waals surface area contributed by atoms with Crippen molar-refractivity contribution >= 4 is 11.7 Å². The van der Waals surface area contributed by atoms with Gasteiger partial charge in [0, 0.05) is 17.8 Å². The number of methoxy groups -OCH3 is 1. The Morgan fingerprint density at radius 1 is 1.08 bits per heavy atom. The zero-order valence-corrected chi connectivity index (χ0v) is 14.6. The summed E-state index contributed by atoms with van der Waals surface area (Å²) in [5.74, 6) is 0.816. The van der Waals surface area contributed by atoms with Gasteiger partial charge < -0.3 is 15.4 Å². The van der Waals surface area contributed by atoms with E-state index in [9.17, 15) is 4.79 Å². The predicted molar refractivity (Wildman–Crippen MR) is 96.8 cm³/mol. The van der Waals surface area contributed by atoms with Gasteiger partial charge in [-0.25, -0.2) is 4.79 Å². The van der Waals surface area contributed by atoms with Gasteiger partial charge in [0.2, 0.25) is 0 Å². The molecule has 3 rings (SSSR count). The molecule has 1 aliphatic carbocycles. The van der Waals surface area contributed by atoms with Crippen molar-refractivity contribution in [3.63, 3.8) is 0 Å². The predicted octanol–water partition coefficient (Wildman–Crippen LogP) is 3.30. The number of carbonyl (C=O) groups excluding carboxylic acids is 1. The van der Waals surface area contributed by atoms with Gasteiger partial charge in [0.05, 0.1) is 7.11 Å². The first-order chi connectivity index (χ1) is 11.8. The topological polar surface area (TPSA) is 53.6 Å². The average molecular weight is 331 g/mol. The van der Waals surface area contributed by atoms with Crippen molar-refractivity contribution in [1.29, 1.82) is 0 Å². The fraction of sp³-hybridized carbons (Fsp3) is 0.632. The van der Waals surface area contributed by atoms with Crippen molar-refractivity contribution in [1.82, 2.24) is 10.6 Å². The summed E-state index contributed by atoms with van der Waals surface area (Å²) in [6.07, 6.45) is 7.93. The van der Waals surface area contributed by atoms with E-state index in [2.05, 4.69) is 10.6 Å². The minimum Gasteiger partial charge on any atom is -0.497 e. The van der Waals surface area contributed by atoms with Crippen LogP contribution in [-0.4, -0.2) is 38.3 Å². The van der Waals surface area contributed by atoms with Crippen molar-refractivity contribution in [2.75, 3.05) is 25.1 Å². The number of ether oxygens (including phenoxy) is 1. The molecule has 2 N–H and O–H groups in total. The van der Waals surface area contributed by atoms with E-state index in [-0.39, 0.29) is 12.1 Å². The second kappa shape index (κ2) is 8.38. The minimum atomic E-state index is 0.0546. The van der Waals surface area contributed by atoms with Crippen LogP contribution in [0, 0.1) is 0 Å². The molecule has 1 aliphatic heterocycles. The van der Waals surface area contributed by atoms with Crippen LogP contribution in [0.25, 0.3) is 0 Å². The molecule has 0 spiro atoms. The summed E-state index contributed by atoms with van der Waals surface area (Å²) in [6.45, 7) is 1.93. The van der Waals surface area contributed by atoms with Crippen molar-refractivity contribution in [3.8, 4) is 5.75 Å². The number of urea groups is 1. The van der Waals surface area contributed by atoms with Crippen LogP contribution in [0.4, 0.5) is 10.5 Å². The smallest absolute Gasteiger partial charge is 0.322 e. The highest BCUT2D eigenvalue weighted by Gasteiger charge is 2.28. The maximum Gasteiger partial charge on any atom is 0.322 e. The average Bonchev–Trinajstić information content (AvgIpc) is 2.64. The highest BCUT2D eigenvalue weighted by molar-refractivity contribution is 5.92. The highest BCUT2D eigenvalue weighted by Crippen LogP contribution is 2.25. The third kappa shape index (κ3) is 4.20. The molecule has 5 nitrogen and oxygen atoms in total. The Morgan fingerprint density at radius 3 is 2.38 bits per heavy atom. The first-order valence-electron chi connectivity index (χ1n) is 9.22. The number of rotatable bonds is 4. The first-order valence-corrected chi connectivity index (χ1v) is 9.22. The van der Waals surface area contributed by atoms with Crippen LogP contribution in [-0.2, 0) is 0 Å². The molecule has 1 saturated heterocycles. The summed E-state index contributed by atoms with van der Waals surface area (Å²) in [7, 11) is 1.66. The Kier molecular flexibility index (Phi) is 5.96. The van der Waals surface area contributed by atoms with Crippen molar-refractivity contribution in [3.05, 3.63) is 24.3 Å². The number of carbonyl (C=O) groups is 1. The lowest BCUT2D eigenvalue weighted by Gasteiger charge is -2.36. The number of hydrogen-bond acceptors (Lipinski definition) is 3. The number of amides is 2. The molecule has 0 radical (unpaired) electrons. The molecule has 1 aromatic rings. The molecular formula is C19H29N3O2. The Hall–Kier alpha value is -1.75. The lowest BCUT2D eigenvalue weighted by atomic mass is 9.95.